The Labute approximate surface area is 41.7 Å². The molecule has 0 fully saturated rings. The quantitative estimate of drug-likeness (QED) is 0.309. The van der Waals surface area contributed by atoms with E-state index in [-0.39, 0.29) is 5.88 Å². The standard InChI is InChI=1S/C4H6N2O/c1-4(7)6-3-5-2/h3,7H,1-2H2. The van der Waals surface area contributed by atoms with Crippen LogP contribution in [0.25, 0.3) is 0 Å². The molecule has 0 radical (unpaired) electrons. The van der Waals surface area contributed by atoms with Gasteiger partial charge in [0.1, 0.15) is 6.34 Å². The SMILES string of the molecule is C=NC=NC(=C)O. The van der Waals surface area contributed by atoms with Crippen molar-refractivity contribution in [2.24, 2.45) is 9.98 Å². The summed E-state index contributed by atoms with van der Waals surface area (Å²) in [6.45, 7) is 6.14. The molecule has 7 heavy (non-hydrogen) atoms. The largest absolute Gasteiger partial charge is 0.494 e. The summed E-state index contributed by atoms with van der Waals surface area (Å²) in [7, 11) is 0. The third-order valence-corrected chi connectivity index (χ3v) is 0.288. The number of aliphatic imine (C=N–C) groups is 2. The topological polar surface area (TPSA) is 45.0 Å². The van der Waals surface area contributed by atoms with Crippen molar-refractivity contribution in [1.82, 2.24) is 0 Å². The molecule has 0 rings (SSSR count). The van der Waals surface area contributed by atoms with Crippen molar-refractivity contribution in [1.29, 1.82) is 0 Å². The van der Waals surface area contributed by atoms with Gasteiger partial charge in [-0.25, -0.2) is 4.99 Å². The van der Waals surface area contributed by atoms with Gasteiger partial charge in [0.25, 0.3) is 0 Å². The number of hydrogen-bond donors (Lipinski definition) is 1. The van der Waals surface area contributed by atoms with Gasteiger partial charge in [0.05, 0.1) is 0 Å². The molecule has 38 valence electrons. The zero-order chi connectivity index (χ0) is 5.70. The second-order valence-corrected chi connectivity index (χ2v) is 0.843. The van der Waals surface area contributed by atoms with Gasteiger partial charge in [-0.15, -0.1) is 0 Å². The van der Waals surface area contributed by atoms with Crippen LogP contribution in [0.1, 0.15) is 0 Å². The van der Waals surface area contributed by atoms with Gasteiger partial charge in [-0.1, -0.05) is 0 Å². The van der Waals surface area contributed by atoms with Crippen LogP contribution in [0, 0.1) is 0 Å². The molecule has 1 N–H and O–H groups in total. The van der Waals surface area contributed by atoms with Crippen molar-refractivity contribution in [2.75, 3.05) is 0 Å². The summed E-state index contributed by atoms with van der Waals surface area (Å²) in [6.07, 6.45) is 1.11. The van der Waals surface area contributed by atoms with E-state index in [0.29, 0.717) is 0 Å². The molecule has 0 heterocycles. The summed E-state index contributed by atoms with van der Waals surface area (Å²) in [6, 6.07) is 0. The van der Waals surface area contributed by atoms with E-state index in [9.17, 15) is 0 Å². The van der Waals surface area contributed by atoms with Crippen molar-refractivity contribution in [3.8, 4) is 0 Å². The van der Waals surface area contributed by atoms with Crippen LogP contribution < -0.4 is 0 Å². The van der Waals surface area contributed by atoms with Gasteiger partial charge in [-0.2, -0.15) is 0 Å². The van der Waals surface area contributed by atoms with Crippen LogP contribution in [0.5, 0.6) is 0 Å². The summed E-state index contributed by atoms with van der Waals surface area (Å²) in [5, 5.41) is 8.20. The van der Waals surface area contributed by atoms with Gasteiger partial charge in [0.15, 0.2) is 0 Å². The lowest BCUT2D eigenvalue weighted by Crippen LogP contribution is -1.68. The van der Waals surface area contributed by atoms with Crippen molar-refractivity contribution in [3.05, 3.63) is 12.5 Å². The first-order chi connectivity index (χ1) is 3.27. The molecule has 0 spiro atoms. The van der Waals surface area contributed by atoms with E-state index in [2.05, 4.69) is 23.3 Å². The summed E-state index contributed by atoms with van der Waals surface area (Å²) in [4.78, 5) is 6.46. The van der Waals surface area contributed by atoms with Crippen LogP contribution in [-0.4, -0.2) is 18.2 Å². The molecule has 0 atom stereocenters. The molecular formula is C4H6N2O. The Balaban J connectivity index is 3.46. The molecule has 3 nitrogen and oxygen atoms in total. The second-order valence-electron chi connectivity index (χ2n) is 0.843. The highest BCUT2D eigenvalue weighted by molar-refractivity contribution is 5.62. The maximum Gasteiger partial charge on any atom is 0.204 e. The Kier molecular flexibility index (Phi) is 2.59. The van der Waals surface area contributed by atoms with E-state index in [4.69, 9.17) is 5.11 Å². The minimum absolute atomic E-state index is 0.257. The number of nitrogens with zero attached hydrogens (tertiary/aromatic N) is 2. The molecule has 0 aromatic rings. The fourth-order valence-electron chi connectivity index (χ4n) is 0.107. The third-order valence-electron chi connectivity index (χ3n) is 0.288. The molecule has 0 aliphatic rings. The Hall–Kier alpha value is -1.12. The fourth-order valence-corrected chi connectivity index (χ4v) is 0.107. The highest BCUT2D eigenvalue weighted by atomic mass is 16.3. The maximum absolute atomic E-state index is 8.20. The van der Waals surface area contributed by atoms with Gasteiger partial charge in [0, 0.05) is 0 Å². The molecule has 0 saturated carbocycles. The highest BCUT2D eigenvalue weighted by Gasteiger charge is 1.69. The van der Waals surface area contributed by atoms with E-state index in [1.807, 2.05) is 0 Å². The summed E-state index contributed by atoms with van der Waals surface area (Å²) in [5.74, 6) is -0.257. The molecular weight excluding hydrogens is 92.1 g/mol. The van der Waals surface area contributed by atoms with Gasteiger partial charge in [0.2, 0.25) is 5.88 Å². The summed E-state index contributed by atoms with van der Waals surface area (Å²) < 4.78 is 0. The number of hydrogen-bond acceptors (Lipinski definition) is 2. The summed E-state index contributed by atoms with van der Waals surface area (Å²) >= 11 is 0. The minimum Gasteiger partial charge on any atom is -0.494 e. The highest BCUT2D eigenvalue weighted by Crippen LogP contribution is 1.78. The van der Waals surface area contributed by atoms with Gasteiger partial charge >= 0.3 is 0 Å². The molecule has 0 aromatic carbocycles. The number of rotatable bonds is 2. The smallest absolute Gasteiger partial charge is 0.204 e. The first-order valence-electron chi connectivity index (χ1n) is 1.63. The van der Waals surface area contributed by atoms with E-state index < -0.39 is 0 Å². The van der Waals surface area contributed by atoms with Crippen LogP contribution >= 0.6 is 0 Å². The fraction of sp³-hybridized carbons (Fsp3) is 0. The average Bonchev–Trinajstić information content (AvgIpc) is 1.61. The average molecular weight is 98.1 g/mol. The monoisotopic (exact) mass is 98.0 g/mol. The van der Waals surface area contributed by atoms with Gasteiger partial charge in [-0.3, -0.25) is 4.99 Å². The Morgan fingerprint density at radius 3 is 2.43 bits per heavy atom. The molecule has 0 aliphatic carbocycles. The molecule has 0 saturated heterocycles. The number of aliphatic hydroxyl groups excluding tert-OH is 1. The summed E-state index contributed by atoms with van der Waals surface area (Å²) in [5.41, 5.74) is 0. The molecule has 3 heteroatoms. The van der Waals surface area contributed by atoms with Crippen molar-refractivity contribution < 1.29 is 5.11 Å². The zero-order valence-corrected chi connectivity index (χ0v) is 3.83. The molecule has 0 aliphatic heterocycles. The van der Waals surface area contributed by atoms with Crippen molar-refractivity contribution in [2.45, 2.75) is 0 Å². The molecule has 0 amide bonds. The van der Waals surface area contributed by atoms with E-state index in [1.165, 1.54) is 0 Å². The normalized spacial score (nSPS) is 9.14. The molecule has 0 unspecified atom stereocenters. The molecule has 0 bridgehead atoms. The lowest BCUT2D eigenvalue weighted by Gasteiger charge is -1.77. The van der Waals surface area contributed by atoms with Crippen LogP contribution in [0.15, 0.2) is 22.4 Å². The molecule has 0 aromatic heterocycles. The van der Waals surface area contributed by atoms with Crippen molar-refractivity contribution >= 4 is 13.1 Å². The predicted molar refractivity (Wildman–Crippen MR) is 29.8 cm³/mol. The van der Waals surface area contributed by atoms with Crippen LogP contribution in [0.2, 0.25) is 0 Å². The van der Waals surface area contributed by atoms with Crippen LogP contribution in [-0.2, 0) is 0 Å². The zero-order valence-electron chi connectivity index (χ0n) is 3.83. The van der Waals surface area contributed by atoms with Gasteiger partial charge in [-0.05, 0) is 13.3 Å². The predicted octanol–water partition coefficient (Wildman–Crippen LogP) is 0.744. The van der Waals surface area contributed by atoms with E-state index in [0.717, 1.165) is 6.34 Å². The minimum atomic E-state index is -0.257. The number of aliphatic hydroxyl groups is 1. The first-order valence-corrected chi connectivity index (χ1v) is 1.63. The van der Waals surface area contributed by atoms with E-state index in [1.54, 1.807) is 0 Å². The van der Waals surface area contributed by atoms with Crippen LogP contribution in [0.3, 0.4) is 0 Å². The first kappa shape index (κ1) is 5.88. The maximum atomic E-state index is 8.20. The Bertz CT molecular complexity index is 106. The van der Waals surface area contributed by atoms with Crippen LogP contribution in [0.4, 0.5) is 0 Å². The lowest BCUT2D eigenvalue weighted by molar-refractivity contribution is 0.410. The lowest BCUT2D eigenvalue weighted by atomic mass is 10.9. The van der Waals surface area contributed by atoms with Gasteiger partial charge < -0.3 is 5.11 Å². The second kappa shape index (κ2) is 3.08. The third kappa shape index (κ3) is 4.88. The Morgan fingerprint density at radius 1 is 1.71 bits per heavy atom. The van der Waals surface area contributed by atoms with Crippen molar-refractivity contribution in [3.63, 3.8) is 0 Å². The van der Waals surface area contributed by atoms with E-state index >= 15 is 0 Å². The Morgan fingerprint density at radius 2 is 2.29 bits per heavy atom.